The molecule has 0 radical (unpaired) electrons. The first-order chi connectivity index (χ1) is 9.20. The number of rotatable bonds is 5. The fourth-order valence-electron chi connectivity index (χ4n) is 2.95. The van der Waals surface area contributed by atoms with Gasteiger partial charge in [0.1, 0.15) is 11.3 Å². The quantitative estimate of drug-likeness (QED) is 0.883. The molecule has 0 aromatic heterocycles. The minimum absolute atomic E-state index is 0.337. The highest BCUT2D eigenvalue weighted by Gasteiger charge is 2.41. The summed E-state index contributed by atoms with van der Waals surface area (Å²) in [7, 11) is 1.89. The smallest absolute Gasteiger partial charge is 0.119 e. The van der Waals surface area contributed by atoms with Crippen LogP contribution in [0.5, 0.6) is 5.75 Å². The molecule has 0 heterocycles. The number of nitrogens with one attached hydrogen (secondary N) is 1. The van der Waals surface area contributed by atoms with E-state index in [-0.39, 0.29) is 5.54 Å². The summed E-state index contributed by atoms with van der Waals surface area (Å²) in [5.41, 5.74) is 0.901. The molecule has 3 nitrogen and oxygen atoms in total. The number of benzene rings is 1. The lowest BCUT2D eigenvalue weighted by Gasteiger charge is -2.28. The second-order valence-electron chi connectivity index (χ2n) is 5.37. The Morgan fingerprint density at radius 3 is 2.79 bits per heavy atom. The summed E-state index contributed by atoms with van der Waals surface area (Å²) in [5, 5.41) is 12.6. The largest absolute Gasteiger partial charge is 0.494 e. The molecule has 0 amide bonds. The van der Waals surface area contributed by atoms with E-state index in [4.69, 9.17) is 4.74 Å². The fourth-order valence-corrected chi connectivity index (χ4v) is 2.95. The molecule has 19 heavy (non-hydrogen) atoms. The predicted molar refractivity (Wildman–Crippen MR) is 76.0 cm³/mol. The predicted octanol–water partition coefficient (Wildman–Crippen LogP) is 3.05. The van der Waals surface area contributed by atoms with Crippen molar-refractivity contribution in [2.75, 3.05) is 13.7 Å². The van der Waals surface area contributed by atoms with E-state index < -0.39 is 0 Å². The van der Waals surface area contributed by atoms with Crippen LogP contribution in [0, 0.1) is 24.2 Å². The zero-order valence-electron chi connectivity index (χ0n) is 11.8. The highest BCUT2D eigenvalue weighted by molar-refractivity contribution is 5.26. The van der Waals surface area contributed by atoms with Crippen molar-refractivity contribution in [2.24, 2.45) is 5.92 Å². The molecule has 0 saturated heterocycles. The SMILES string of the molecule is CNC1(C#N)CCCC1CCOc1ccc(C)cc1. The van der Waals surface area contributed by atoms with Gasteiger partial charge in [0.15, 0.2) is 0 Å². The van der Waals surface area contributed by atoms with Gasteiger partial charge in [-0.25, -0.2) is 0 Å². The Kier molecular flexibility index (Phi) is 4.44. The highest BCUT2D eigenvalue weighted by Crippen LogP contribution is 2.37. The normalized spacial score (nSPS) is 26.1. The van der Waals surface area contributed by atoms with Crippen molar-refractivity contribution in [2.45, 2.75) is 38.1 Å². The van der Waals surface area contributed by atoms with Crippen molar-refractivity contribution >= 4 is 0 Å². The van der Waals surface area contributed by atoms with Crippen LogP contribution >= 0.6 is 0 Å². The molecule has 1 saturated carbocycles. The Balaban J connectivity index is 1.86. The molecule has 1 N–H and O–H groups in total. The van der Waals surface area contributed by atoms with Crippen LogP contribution in [0.2, 0.25) is 0 Å². The van der Waals surface area contributed by atoms with Gasteiger partial charge >= 0.3 is 0 Å². The number of ether oxygens (including phenoxy) is 1. The maximum absolute atomic E-state index is 9.38. The van der Waals surface area contributed by atoms with Crippen LogP contribution < -0.4 is 10.1 Å². The minimum atomic E-state index is -0.337. The van der Waals surface area contributed by atoms with E-state index in [1.807, 2.05) is 19.2 Å². The molecule has 0 aliphatic heterocycles. The summed E-state index contributed by atoms with van der Waals surface area (Å²) in [6.07, 6.45) is 4.13. The van der Waals surface area contributed by atoms with Crippen molar-refractivity contribution in [1.29, 1.82) is 5.26 Å². The first-order valence-electron chi connectivity index (χ1n) is 7.00. The zero-order valence-corrected chi connectivity index (χ0v) is 11.8. The van der Waals surface area contributed by atoms with Gasteiger partial charge in [-0.3, -0.25) is 0 Å². The van der Waals surface area contributed by atoms with Gasteiger partial charge in [-0.1, -0.05) is 24.1 Å². The molecule has 1 aromatic rings. The molecule has 1 aromatic carbocycles. The van der Waals surface area contributed by atoms with Crippen LogP contribution in [-0.2, 0) is 0 Å². The van der Waals surface area contributed by atoms with Gasteiger partial charge in [-0.2, -0.15) is 5.26 Å². The number of hydrogen-bond donors (Lipinski definition) is 1. The molecule has 1 aliphatic carbocycles. The van der Waals surface area contributed by atoms with Crippen molar-refractivity contribution in [3.05, 3.63) is 29.8 Å². The summed E-state index contributed by atoms with van der Waals surface area (Å²) < 4.78 is 5.77. The molecule has 2 unspecified atom stereocenters. The maximum atomic E-state index is 9.38. The molecule has 1 fully saturated rings. The molecular formula is C16H22N2O. The van der Waals surface area contributed by atoms with Crippen LogP contribution in [0.1, 0.15) is 31.2 Å². The van der Waals surface area contributed by atoms with Crippen molar-refractivity contribution < 1.29 is 4.74 Å². The van der Waals surface area contributed by atoms with Crippen LogP contribution in [0.3, 0.4) is 0 Å². The molecule has 102 valence electrons. The highest BCUT2D eigenvalue weighted by atomic mass is 16.5. The summed E-state index contributed by atoms with van der Waals surface area (Å²) in [6, 6.07) is 10.6. The summed E-state index contributed by atoms with van der Waals surface area (Å²) in [4.78, 5) is 0. The number of hydrogen-bond acceptors (Lipinski definition) is 3. The lowest BCUT2D eigenvalue weighted by atomic mass is 9.86. The second-order valence-corrected chi connectivity index (χ2v) is 5.37. The van der Waals surface area contributed by atoms with Gasteiger partial charge < -0.3 is 10.1 Å². The fraction of sp³-hybridized carbons (Fsp3) is 0.562. The third-order valence-electron chi connectivity index (χ3n) is 4.22. The summed E-state index contributed by atoms with van der Waals surface area (Å²) >= 11 is 0. The van der Waals surface area contributed by atoms with Crippen molar-refractivity contribution in [3.8, 4) is 11.8 Å². The molecule has 2 atom stereocenters. The Morgan fingerprint density at radius 1 is 1.42 bits per heavy atom. The Hall–Kier alpha value is -1.53. The Labute approximate surface area is 115 Å². The van der Waals surface area contributed by atoms with Crippen LogP contribution in [0.4, 0.5) is 0 Å². The van der Waals surface area contributed by atoms with Gasteiger partial charge in [0.05, 0.1) is 12.7 Å². The average Bonchev–Trinajstić information content (AvgIpc) is 2.84. The third-order valence-corrected chi connectivity index (χ3v) is 4.22. The molecular weight excluding hydrogens is 236 g/mol. The van der Waals surface area contributed by atoms with Crippen LogP contribution in [-0.4, -0.2) is 19.2 Å². The topological polar surface area (TPSA) is 45.0 Å². The lowest BCUT2D eigenvalue weighted by molar-refractivity contribution is 0.239. The monoisotopic (exact) mass is 258 g/mol. The molecule has 0 bridgehead atoms. The standard InChI is InChI=1S/C16H22N2O/c1-13-5-7-15(8-6-13)19-11-9-14-4-3-10-16(14,12-17)18-2/h5-8,14,18H,3-4,9-11H2,1-2H3. The number of nitrogens with zero attached hydrogens (tertiary/aromatic N) is 1. The van der Waals surface area contributed by atoms with Gasteiger partial charge in [0.25, 0.3) is 0 Å². The lowest BCUT2D eigenvalue weighted by Crippen LogP contribution is -2.45. The zero-order chi connectivity index (χ0) is 13.7. The van der Waals surface area contributed by atoms with Gasteiger partial charge in [-0.05, 0) is 51.3 Å². The Bertz CT molecular complexity index is 449. The van der Waals surface area contributed by atoms with Crippen molar-refractivity contribution in [1.82, 2.24) is 5.32 Å². The van der Waals surface area contributed by atoms with Crippen LogP contribution in [0.25, 0.3) is 0 Å². The van der Waals surface area contributed by atoms with Gasteiger partial charge in [0.2, 0.25) is 0 Å². The first kappa shape index (κ1) is 13.9. The molecule has 3 heteroatoms. The minimum Gasteiger partial charge on any atom is -0.494 e. The van der Waals surface area contributed by atoms with E-state index in [0.717, 1.165) is 31.4 Å². The van der Waals surface area contributed by atoms with E-state index in [0.29, 0.717) is 12.5 Å². The van der Waals surface area contributed by atoms with E-state index >= 15 is 0 Å². The second kappa shape index (κ2) is 6.08. The third kappa shape index (κ3) is 3.08. The molecule has 0 spiro atoms. The Morgan fingerprint density at radius 2 is 2.16 bits per heavy atom. The van der Waals surface area contributed by atoms with Gasteiger partial charge in [-0.15, -0.1) is 0 Å². The van der Waals surface area contributed by atoms with Crippen molar-refractivity contribution in [3.63, 3.8) is 0 Å². The maximum Gasteiger partial charge on any atom is 0.119 e. The van der Waals surface area contributed by atoms with E-state index in [9.17, 15) is 5.26 Å². The summed E-state index contributed by atoms with van der Waals surface area (Å²) in [6.45, 7) is 2.75. The number of aryl methyl sites for hydroxylation is 1. The van der Waals surface area contributed by atoms with E-state index in [1.54, 1.807) is 0 Å². The van der Waals surface area contributed by atoms with Crippen LogP contribution in [0.15, 0.2) is 24.3 Å². The van der Waals surface area contributed by atoms with E-state index in [1.165, 1.54) is 5.56 Å². The summed E-state index contributed by atoms with van der Waals surface area (Å²) in [5.74, 6) is 1.31. The molecule has 1 aliphatic rings. The number of nitriles is 1. The van der Waals surface area contributed by atoms with Gasteiger partial charge in [0, 0.05) is 0 Å². The van der Waals surface area contributed by atoms with E-state index in [2.05, 4.69) is 30.4 Å². The average molecular weight is 258 g/mol. The molecule has 2 rings (SSSR count). The first-order valence-corrected chi connectivity index (χ1v) is 7.00.